The van der Waals surface area contributed by atoms with Gasteiger partial charge in [0, 0.05) is 10.2 Å². The van der Waals surface area contributed by atoms with Crippen LogP contribution in [0.2, 0.25) is 5.15 Å². The number of hydrogen-bond donors (Lipinski definition) is 2. The summed E-state index contributed by atoms with van der Waals surface area (Å²) in [6.07, 6.45) is 0. The van der Waals surface area contributed by atoms with Crippen LogP contribution in [0.1, 0.15) is 5.56 Å². The topological polar surface area (TPSA) is 71.3 Å². The highest BCUT2D eigenvalue weighted by Crippen LogP contribution is 2.20. The van der Waals surface area contributed by atoms with Crippen molar-refractivity contribution in [2.45, 2.75) is 6.92 Å². The van der Waals surface area contributed by atoms with Crippen molar-refractivity contribution in [3.63, 3.8) is 0 Å². The Bertz CT molecular complexity index is 864. The van der Waals surface area contributed by atoms with E-state index in [9.17, 15) is 4.79 Å². The van der Waals surface area contributed by atoms with Gasteiger partial charge < -0.3 is 5.32 Å². The zero-order valence-electron chi connectivity index (χ0n) is 11.5. The van der Waals surface area contributed by atoms with Gasteiger partial charge in [-0.15, -0.1) is 10.2 Å². The van der Waals surface area contributed by atoms with Crippen molar-refractivity contribution < 1.29 is 4.79 Å². The fourth-order valence-corrected chi connectivity index (χ4v) is 2.46. The maximum absolute atomic E-state index is 12.1. The Hall–Kier alpha value is -2.12. The summed E-state index contributed by atoms with van der Waals surface area (Å²) in [6, 6.07) is 10.3. The zero-order valence-corrected chi connectivity index (χ0v) is 13.8. The van der Waals surface area contributed by atoms with Gasteiger partial charge in [-0.1, -0.05) is 33.6 Å². The number of aromatic nitrogens is 3. The molecule has 2 heterocycles. The van der Waals surface area contributed by atoms with E-state index >= 15 is 0 Å². The van der Waals surface area contributed by atoms with Crippen LogP contribution in [0.4, 0.5) is 16.4 Å². The summed E-state index contributed by atoms with van der Waals surface area (Å²) >= 11 is 9.51. The van der Waals surface area contributed by atoms with Gasteiger partial charge >= 0.3 is 6.03 Å². The van der Waals surface area contributed by atoms with E-state index in [-0.39, 0.29) is 5.95 Å². The number of carbonyl (C=O) groups is 1. The largest absolute Gasteiger partial charge is 0.326 e. The highest BCUT2D eigenvalue weighted by atomic mass is 79.9. The number of fused-ring (bicyclic) bond motifs is 1. The van der Waals surface area contributed by atoms with Crippen LogP contribution in [-0.2, 0) is 0 Å². The lowest BCUT2D eigenvalue weighted by Gasteiger charge is -2.08. The van der Waals surface area contributed by atoms with Gasteiger partial charge in [-0.05, 0) is 42.8 Å². The van der Waals surface area contributed by atoms with E-state index in [0.717, 1.165) is 10.0 Å². The van der Waals surface area contributed by atoms with Crippen LogP contribution < -0.4 is 10.6 Å². The van der Waals surface area contributed by atoms with Crippen LogP contribution in [0.15, 0.2) is 40.9 Å². The Labute approximate surface area is 139 Å². The Morgan fingerprint density at radius 3 is 2.82 bits per heavy atom. The van der Waals surface area contributed by atoms with E-state index in [1.807, 2.05) is 19.1 Å². The predicted molar refractivity (Wildman–Crippen MR) is 89.5 cm³/mol. The molecule has 2 aromatic heterocycles. The molecule has 2 N–H and O–H groups in total. The Morgan fingerprint density at radius 2 is 2.05 bits per heavy atom. The number of nitrogens with zero attached hydrogens (tertiary/aromatic N) is 3. The molecule has 1 aromatic carbocycles. The average Bonchev–Trinajstić information content (AvgIpc) is 2.87. The number of hydrogen-bond acceptors (Lipinski definition) is 3. The van der Waals surface area contributed by atoms with Gasteiger partial charge in [0.2, 0.25) is 5.95 Å². The van der Waals surface area contributed by atoms with Crippen LogP contribution >= 0.6 is 27.5 Å². The third-order valence-electron chi connectivity index (χ3n) is 3.02. The van der Waals surface area contributed by atoms with Gasteiger partial charge in [0.05, 0.1) is 0 Å². The monoisotopic (exact) mass is 379 g/mol. The molecule has 0 spiro atoms. The molecular weight excluding hydrogens is 370 g/mol. The fraction of sp³-hybridized carbons (Fsp3) is 0.0714. The molecule has 0 bridgehead atoms. The van der Waals surface area contributed by atoms with Crippen molar-refractivity contribution in [2.24, 2.45) is 0 Å². The average molecular weight is 381 g/mol. The second-order valence-corrected chi connectivity index (χ2v) is 5.85. The van der Waals surface area contributed by atoms with Crippen LogP contribution in [0.5, 0.6) is 0 Å². The molecule has 0 aliphatic carbocycles. The van der Waals surface area contributed by atoms with E-state index in [2.05, 4.69) is 36.8 Å². The van der Waals surface area contributed by atoms with Crippen LogP contribution in [-0.4, -0.2) is 20.6 Å². The van der Waals surface area contributed by atoms with Crippen molar-refractivity contribution in [3.05, 3.63) is 51.6 Å². The van der Waals surface area contributed by atoms with E-state index < -0.39 is 6.03 Å². The van der Waals surface area contributed by atoms with Crippen molar-refractivity contribution in [2.75, 3.05) is 10.6 Å². The number of pyridine rings is 1. The number of halogens is 2. The molecule has 112 valence electrons. The number of urea groups is 1. The Balaban J connectivity index is 1.80. The van der Waals surface area contributed by atoms with E-state index in [0.29, 0.717) is 16.5 Å². The summed E-state index contributed by atoms with van der Waals surface area (Å²) in [5.41, 5.74) is 2.26. The number of anilines is 2. The summed E-state index contributed by atoms with van der Waals surface area (Å²) in [6.45, 7) is 1.94. The molecule has 0 atom stereocenters. The number of carbonyl (C=O) groups excluding carboxylic acids is 1. The minimum Gasteiger partial charge on any atom is -0.308 e. The minimum absolute atomic E-state index is 0.256. The first-order valence-electron chi connectivity index (χ1n) is 6.38. The van der Waals surface area contributed by atoms with Gasteiger partial charge in [-0.25, -0.2) is 4.79 Å². The molecule has 0 radical (unpaired) electrons. The van der Waals surface area contributed by atoms with Crippen molar-refractivity contribution in [3.8, 4) is 0 Å². The van der Waals surface area contributed by atoms with Gasteiger partial charge in [-0.2, -0.15) is 0 Å². The fourth-order valence-electron chi connectivity index (χ4n) is 1.97. The highest BCUT2D eigenvalue weighted by molar-refractivity contribution is 9.10. The normalized spacial score (nSPS) is 10.7. The van der Waals surface area contributed by atoms with Crippen LogP contribution in [0, 0.1) is 6.92 Å². The maximum atomic E-state index is 12.1. The van der Waals surface area contributed by atoms with Gasteiger partial charge in [0.15, 0.2) is 5.65 Å². The molecule has 22 heavy (non-hydrogen) atoms. The first-order valence-corrected chi connectivity index (χ1v) is 7.55. The maximum Gasteiger partial charge on any atom is 0.326 e. The molecule has 0 aliphatic rings. The number of amides is 2. The Kier molecular flexibility index (Phi) is 4.00. The van der Waals surface area contributed by atoms with Gasteiger partial charge in [0.1, 0.15) is 5.15 Å². The summed E-state index contributed by atoms with van der Waals surface area (Å²) in [5.74, 6) is 0.256. The molecule has 0 fully saturated rings. The molecule has 6 nitrogen and oxygen atoms in total. The third-order valence-corrected chi connectivity index (χ3v) is 4.21. The predicted octanol–water partition coefficient (Wildman–Crippen LogP) is 4.10. The summed E-state index contributed by atoms with van der Waals surface area (Å²) in [5, 5.41) is 13.6. The van der Waals surface area contributed by atoms with Crippen molar-refractivity contribution >= 4 is 50.8 Å². The second-order valence-electron chi connectivity index (χ2n) is 4.61. The zero-order chi connectivity index (χ0) is 15.7. The number of aryl methyl sites for hydroxylation is 1. The lowest BCUT2D eigenvalue weighted by molar-refractivity contribution is 0.262. The van der Waals surface area contributed by atoms with E-state index in [1.54, 1.807) is 28.7 Å². The molecule has 0 unspecified atom stereocenters. The molecule has 0 saturated heterocycles. The third kappa shape index (κ3) is 2.90. The number of nitrogens with one attached hydrogen (secondary N) is 2. The molecule has 0 aliphatic heterocycles. The van der Waals surface area contributed by atoms with Gasteiger partial charge in [0.25, 0.3) is 0 Å². The molecular formula is C14H11BrClN5O. The summed E-state index contributed by atoms with van der Waals surface area (Å²) in [4.78, 5) is 12.1. The smallest absolute Gasteiger partial charge is 0.308 e. The minimum atomic E-state index is -0.420. The Morgan fingerprint density at radius 1 is 1.23 bits per heavy atom. The van der Waals surface area contributed by atoms with Crippen molar-refractivity contribution in [1.82, 2.24) is 14.6 Å². The molecule has 3 rings (SSSR count). The first kappa shape index (κ1) is 14.8. The summed E-state index contributed by atoms with van der Waals surface area (Å²) < 4.78 is 2.53. The molecule has 3 aromatic rings. The SMILES string of the molecule is Cc1cc(NC(=O)Nc2nnc3cccc(Cl)n23)ccc1Br. The highest BCUT2D eigenvalue weighted by Gasteiger charge is 2.11. The number of rotatable bonds is 2. The molecule has 8 heteroatoms. The molecule has 0 saturated carbocycles. The van der Waals surface area contributed by atoms with Crippen molar-refractivity contribution in [1.29, 1.82) is 0 Å². The first-order chi connectivity index (χ1) is 10.5. The second kappa shape index (κ2) is 5.94. The standard InChI is InChI=1S/C14H11BrClN5O/c1-8-7-9(5-6-10(8)15)17-14(22)18-13-20-19-12-4-2-3-11(16)21(12)13/h2-7H,1H3,(H2,17,18,20,22). The lowest BCUT2D eigenvalue weighted by atomic mass is 10.2. The lowest BCUT2D eigenvalue weighted by Crippen LogP contribution is -2.21. The van der Waals surface area contributed by atoms with E-state index in [1.165, 1.54) is 0 Å². The quantitative estimate of drug-likeness (QED) is 0.658. The van der Waals surface area contributed by atoms with Gasteiger partial charge in [-0.3, -0.25) is 9.72 Å². The van der Waals surface area contributed by atoms with Crippen LogP contribution in [0.3, 0.4) is 0 Å². The summed E-state index contributed by atoms with van der Waals surface area (Å²) in [7, 11) is 0. The van der Waals surface area contributed by atoms with Crippen LogP contribution in [0.25, 0.3) is 5.65 Å². The van der Waals surface area contributed by atoms with E-state index in [4.69, 9.17) is 11.6 Å². The number of benzene rings is 1. The molecule has 2 amide bonds.